The highest BCUT2D eigenvalue weighted by Gasteiger charge is 2.16. The van der Waals surface area contributed by atoms with E-state index < -0.39 is 6.10 Å². The van der Waals surface area contributed by atoms with Gasteiger partial charge in [0, 0.05) is 26.2 Å². The number of ether oxygens (including phenoxy) is 4. The zero-order chi connectivity index (χ0) is 21.5. The van der Waals surface area contributed by atoms with Crippen molar-refractivity contribution in [2.24, 2.45) is 4.99 Å². The predicted molar refractivity (Wildman–Crippen MR) is 115 cm³/mol. The molecule has 1 heterocycles. The molecule has 3 rings (SSSR count). The number of aliphatic hydroxyl groups is 1. The first-order valence-corrected chi connectivity index (χ1v) is 9.83. The van der Waals surface area contributed by atoms with E-state index in [1.807, 2.05) is 37.1 Å². The van der Waals surface area contributed by atoms with Crippen LogP contribution >= 0.6 is 0 Å². The second-order valence-electron chi connectivity index (χ2n) is 6.90. The van der Waals surface area contributed by atoms with Crippen molar-refractivity contribution < 1.29 is 24.1 Å². The number of aliphatic imine (C=N–C) groups is 1. The van der Waals surface area contributed by atoms with Crippen molar-refractivity contribution in [2.75, 3.05) is 41.1 Å². The Kier molecular flexibility index (Phi) is 7.24. The summed E-state index contributed by atoms with van der Waals surface area (Å²) in [5.41, 5.74) is 1.76. The Labute approximate surface area is 177 Å². The minimum atomic E-state index is -0.790. The van der Waals surface area contributed by atoms with Gasteiger partial charge in [-0.1, -0.05) is 6.07 Å². The van der Waals surface area contributed by atoms with Crippen LogP contribution in [-0.4, -0.2) is 57.1 Å². The number of nitrogens with zero attached hydrogens (tertiary/aromatic N) is 2. The Morgan fingerprint density at radius 2 is 1.83 bits per heavy atom. The van der Waals surface area contributed by atoms with E-state index in [4.69, 9.17) is 18.9 Å². The highest BCUT2D eigenvalue weighted by molar-refractivity contribution is 5.79. The molecule has 1 unspecified atom stereocenters. The minimum absolute atomic E-state index is 0.199. The second kappa shape index (κ2) is 10.1. The third-order valence-electron chi connectivity index (χ3n) is 4.73. The van der Waals surface area contributed by atoms with E-state index in [0.717, 1.165) is 17.1 Å². The zero-order valence-corrected chi connectivity index (χ0v) is 17.8. The summed E-state index contributed by atoms with van der Waals surface area (Å²) in [4.78, 5) is 6.61. The summed E-state index contributed by atoms with van der Waals surface area (Å²) >= 11 is 0. The molecule has 2 aromatic rings. The molecule has 1 aliphatic rings. The highest BCUT2D eigenvalue weighted by atomic mass is 16.7. The summed E-state index contributed by atoms with van der Waals surface area (Å²) in [7, 11) is 5.11. The van der Waals surface area contributed by atoms with E-state index in [2.05, 4.69) is 10.3 Å². The van der Waals surface area contributed by atoms with Gasteiger partial charge in [-0.25, -0.2) is 0 Å². The van der Waals surface area contributed by atoms with Crippen LogP contribution in [0.5, 0.6) is 23.0 Å². The lowest BCUT2D eigenvalue weighted by Gasteiger charge is -2.23. The molecule has 0 fully saturated rings. The van der Waals surface area contributed by atoms with Gasteiger partial charge < -0.3 is 34.3 Å². The third-order valence-corrected chi connectivity index (χ3v) is 4.73. The summed E-state index contributed by atoms with van der Waals surface area (Å²) < 4.78 is 21.4. The number of fused-ring (bicyclic) bond motifs is 1. The molecule has 2 N–H and O–H groups in total. The number of methoxy groups -OCH3 is 2. The molecular weight excluding hydrogens is 386 g/mol. The van der Waals surface area contributed by atoms with Gasteiger partial charge in [0.1, 0.15) is 11.5 Å². The van der Waals surface area contributed by atoms with E-state index in [1.165, 1.54) is 0 Å². The molecule has 0 saturated heterocycles. The van der Waals surface area contributed by atoms with E-state index in [1.54, 1.807) is 32.4 Å². The summed E-state index contributed by atoms with van der Waals surface area (Å²) in [6, 6.07) is 11.2. The molecule has 2 aromatic carbocycles. The first kappa shape index (κ1) is 21.6. The summed E-state index contributed by atoms with van der Waals surface area (Å²) in [5.74, 6) is 3.46. The lowest BCUT2D eigenvalue weighted by molar-refractivity contribution is 0.174. The van der Waals surface area contributed by atoms with Gasteiger partial charge in [-0.05, 0) is 42.3 Å². The molecule has 0 saturated carbocycles. The zero-order valence-electron chi connectivity index (χ0n) is 17.8. The fourth-order valence-electron chi connectivity index (χ4n) is 3.16. The van der Waals surface area contributed by atoms with E-state index in [9.17, 15) is 5.11 Å². The van der Waals surface area contributed by atoms with E-state index >= 15 is 0 Å². The van der Waals surface area contributed by atoms with Crippen LogP contribution in [0.4, 0.5) is 0 Å². The van der Waals surface area contributed by atoms with Crippen molar-refractivity contribution in [1.82, 2.24) is 10.2 Å². The molecule has 162 valence electrons. The summed E-state index contributed by atoms with van der Waals surface area (Å²) in [6.07, 6.45) is -0.790. The topological polar surface area (TPSA) is 84.8 Å². The molecule has 0 aliphatic carbocycles. The monoisotopic (exact) mass is 415 g/mol. The summed E-state index contributed by atoms with van der Waals surface area (Å²) in [6.45, 7) is 3.81. The smallest absolute Gasteiger partial charge is 0.231 e. The third kappa shape index (κ3) is 5.27. The number of aliphatic hydroxyl groups excluding tert-OH is 1. The number of benzene rings is 2. The Hall–Kier alpha value is -3.13. The van der Waals surface area contributed by atoms with Gasteiger partial charge in [-0.2, -0.15) is 0 Å². The van der Waals surface area contributed by atoms with Crippen molar-refractivity contribution >= 4 is 5.96 Å². The average molecular weight is 415 g/mol. The predicted octanol–water partition coefficient (Wildman–Crippen LogP) is 2.56. The summed E-state index contributed by atoms with van der Waals surface area (Å²) in [5, 5.41) is 13.9. The van der Waals surface area contributed by atoms with Crippen LogP contribution < -0.4 is 24.3 Å². The minimum Gasteiger partial charge on any atom is -0.497 e. The number of rotatable bonds is 8. The maximum absolute atomic E-state index is 10.7. The lowest BCUT2D eigenvalue weighted by Crippen LogP contribution is -2.38. The quantitative estimate of drug-likeness (QED) is 0.506. The van der Waals surface area contributed by atoms with Crippen LogP contribution in [0.25, 0.3) is 0 Å². The molecular formula is C22H29N3O5. The van der Waals surface area contributed by atoms with Gasteiger partial charge in [-0.3, -0.25) is 4.99 Å². The molecule has 0 spiro atoms. The van der Waals surface area contributed by atoms with Crippen molar-refractivity contribution in [3.05, 3.63) is 47.5 Å². The van der Waals surface area contributed by atoms with Gasteiger partial charge in [0.2, 0.25) is 6.79 Å². The Morgan fingerprint density at radius 3 is 2.50 bits per heavy atom. The van der Waals surface area contributed by atoms with Crippen molar-refractivity contribution in [2.45, 2.75) is 19.6 Å². The van der Waals surface area contributed by atoms with Crippen LogP contribution in [0.3, 0.4) is 0 Å². The molecule has 8 heteroatoms. The van der Waals surface area contributed by atoms with Gasteiger partial charge in [0.15, 0.2) is 17.5 Å². The van der Waals surface area contributed by atoms with Crippen LogP contribution in [0, 0.1) is 0 Å². The van der Waals surface area contributed by atoms with Crippen molar-refractivity contribution in [3.63, 3.8) is 0 Å². The number of hydrogen-bond acceptors (Lipinski definition) is 6. The van der Waals surface area contributed by atoms with E-state index in [0.29, 0.717) is 36.1 Å². The second-order valence-corrected chi connectivity index (χ2v) is 6.90. The molecule has 1 atom stereocenters. The Balaban J connectivity index is 1.70. The van der Waals surface area contributed by atoms with Gasteiger partial charge >= 0.3 is 0 Å². The molecule has 0 bridgehead atoms. The normalized spacial score (nSPS) is 13.7. The molecule has 0 radical (unpaired) electrons. The maximum Gasteiger partial charge on any atom is 0.231 e. The SMILES string of the molecule is CCNC(=NCC(O)c1cc(OC)cc(OC)c1)N(C)Cc1ccc2c(c1)OCO2. The number of nitrogens with one attached hydrogen (secondary N) is 1. The van der Waals surface area contributed by atoms with Crippen molar-refractivity contribution in [3.8, 4) is 23.0 Å². The van der Waals surface area contributed by atoms with Crippen LogP contribution in [0.1, 0.15) is 24.2 Å². The van der Waals surface area contributed by atoms with Crippen LogP contribution in [0.2, 0.25) is 0 Å². The molecule has 0 aromatic heterocycles. The Bertz CT molecular complexity index is 865. The lowest BCUT2D eigenvalue weighted by atomic mass is 10.1. The van der Waals surface area contributed by atoms with E-state index in [-0.39, 0.29) is 13.3 Å². The van der Waals surface area contributed by atoms with Gasteiger partial charge in [-0.15, -0.1) is 0 Å². The highest BCUT2D eigenvalue weighted by Crippen LogP contribution is 2.32. The number of guanidine groups is 1. The molecule has 30 heavy (non-hydrogen) atoms. The first-order valence-electron chi connectivity index (χ1n) is 9.83. The van der Waals surface area contributed by atoms with Crippen LogP contribution in [0.15, 0.2) is 41.4 Å². The fourth-order valence-corrected chi connectivity index (χ4v) is 3.16. The first-order chi connectivity index (χ1) is 14.5. The maximum atomic E-state index is 10.7. The Morgan fingerprint density at radius 1 is 1.13 bits per heavy atom. The fraction of sp³-hybridized carbons (Fsp3) is 0.409. The average Bonchev–Trinajstić information content (AvgIpc) is 3.23. The van der Waals surface area contributed by atoms with Gasteiger partial charge in [0.05, 0.1) is 26.9 Å². The number of hydrogen-bond donors (Lipinski definition) is 2. The van der Waals surface area contributed by atoms with Gasteiger partial charge in [0.25, 0.3) is 0 Å². The molecule has 1 aliphatic heterocycles. The molecule has 8 nitrogen and oxygen atoms in total. The molecule has 0 amide bonds. The largest absolute Gasteiger partial charge is 0.497 e. The standard InChI is InChI=1S/C22H29N3O5/c1-5-23-22(25(2)13-15-6-7-20-21(8-15)30-14-29-20)24-12-19(26)16-9-17(27-3)11-18(10-16)28-4/h6-11,19,26H,5,12-14H2,1-4H3,(H,23,24). The van der Waals surface area contributed by atoms with Crippen LogP contribution in [-0.2, 0) is 6.54 Å². The van der Waals surface area contributed by atoms with Crippen molar-refractivity contribution in [1.29, 1.82) is 0 Å².